The van der Waals surface area contributed by atoms with Gasteiger partial charge in [-0.15, -0.1) is 13.2 Å². The van der Waals surface area contributed by atoms with Crippen molar-refractivity contribution < 1.29 is 22.7 Å². The summed E-state index contributed by atoms with van der Waals surface area (Å²) in [7, 11) is 0. The van der Waals surface area contributed by atoms with E-state index in [0.29, 0.717) is 24.0 Å². The molecule has 1 unspecified atom stereocenters. The van der Waals surface area contributed by atoms with Crippen LogP contribution in [0.5, 0.6) is 5.75 Å². The van der Waals surface area contributed by atoms with Crippen LogP contribution in [0.3, 0.4) is 0 Å². The number of allylic oxidation sites excluding steroid dienone is 1. The third-order valence-corrected chi connectivity index (χ3v) is 5.39. The number of rotatable bonds is 2. The Hall–Kier alpha value is -2.96. The van der Waals surface area contributed by atoms with Crippen molar-refractivity contribution in [2.24, 2.45) is 5.41 Å². The normalized spacial score (nSPS) is 20.5. The Kier molecular flexibility index (Phi) is 4.79. The summed E-state index contributed by atoms with van der Waals surface area (Å²) >= 11 is 0. The quantitative estimate of drug-likeness (QED) is 0.620. The highest BCUT2D eigenvalue weighted by atomic mass is 19.4. The van der Waals surface area contributed by atoms with Gasteiger partial charge in [0.05, 0.1) is 17.4 Å². The number of alkyl halides is 3. The first-order valence-electron chi connectivity index (χ1n) is 9.77. The van der Waals surface area contributed by atoms with E-state index in [4.69, 9.17) is 0 Å². The van der Waals surface area contributed by atoms with Crippen LogP contribution < -0.4 is 15.4 Å². The number of fused-ring (bicyclic) bond motifs is 1. The zero-order valence-corrected chi connectivity index (χ0v) is 17.0. The van der Waals surface area contributed by atoms with Crippen molar-refractivity contribution >= 4 is 17.2 Å². The first-order valence-corrected chi connectivity index (χ1v) is 9.77. The highest BCUT2D eigenvalue weighted by Crippen LogP contribution is 2.46. The molecule has 0 spiro atoms. The molecular formula is C23H23F3N2O2. The molecule has 1 heterocycles. The molecule has 0 saturated carbocycles. The number of hydrogen-bond donors (Lipinski definition) is 2. The van der Waals surface area contributed by atoms with Crippen LogP contribution in [-0.4, -0.2) is 12.1 Å². The van der Waals surface area contributed by atoms with Crippen LogP contribution in [0.15, 0.2) is 53.7 Å². The molecule has 1 aliphatic carbocycles. The number of ketones is 1. The van der Waals surface area contributed by atoms with Gasteiger partial charge in [-0.1, -0.05) is 32.0 Å². The lowest BCUT2D eigenvalue weighted by Gasteiger charge is -2.34. The second kappa shape index (κ2) is 7.07. The number of carbonyl (C=O) groups excluding carboxylic acids is 1. The maximum Gasteiger partial charge on any atom is 0.573 e. The van der Waals surface area contributed by atoms with Crippen LogP contribution in [0.2, 0.25) is 0 Å². The van der Waals surface area contributed by atoms with Crippen LogP contribution in [-0.2, 0) is 4.79 Å². The molecule has 7 heteroatoms. The van der Waals surface area contributed by atoms with Crippen molar-refractivity contribution in [3.8, 4) is 5.75 Å². The molecule has 0 radical (unpaired) electrons. The highest BCUT2D eigenvalue weighted by Gasteiger charge is 2.39. The molecule has 1 atom stereocenters. The number of nitrogens with one attached hydrogen (secondary N) is 2. The average molecular weight is 416 g/mol. The van der Waals surface area contributed by atoms with Gasteiger partial charge in [0.1, 0.15) is 5.75 Å². The van der Waals surface area contributed by atoms with Gasteiger partial charge in [-0.2, -0.15) is 0 Å². The van der Waals surface area contributed by atoms with E-state index >= 15 is 0 Å². The van der Waals surface area contributed by atoms with E-state index in [1.807, 2.05) is 39.0 Å². The van der Waals surface area contributed by atoms with Gasteiger partial charge in [-0.3, -0.25) is 4.79 Å². The van der Waals surface area contributed by atoms with Gasteiger partial charge in [0.25, 0.3) is 0 Å². The fourth-order valence-electron chi connectivity index (χ4n) is 4.20. The second-order valence-electron chi connectivity index (χ2n) is 8.70. The van der Waals surface area contributed by atoms with Gasteiger partial charge in [0, 0.05) is 17.7 Å². The summed E-state index contributed by atoms with van der Waals surface area (Å²) in [4.78, 5) is 13.2. The number of Topliss-reactive ketones (excluding diaryl/α,β-unsaturated/α-hetero) is 1. The van der Waals surface area contributed by atoms with Crippen LogP contribution in [0.4, 0.5) is 24.5 Å². The Morgan fingerprint density at radius 3 is 2.57 bits per heavy atom. The average Bonchev–Trinajstić information content (AvgIpc) is 2.75. The molecule has 0 fully saturated rings. The Labute approximate surface area is 173 Å². The lowest BCUT2D eigenvalue weighted by Crippen LogP contribution is -2.31. The van der Waals surface area contributed by atoms with E-state index in [2.05, 4.69) is 15.4 Å². The Morgan fingerprint density at radius 1 is 1.07 bits per heavy atom. The summed E-state index contributed by atoms with van der Waals surface area (Å²) < 4.78 is 42.3. The predicted molar refractivity (Wildman–Crippen MR) is 109 cm³/mol. The van der Waals surface area contributed by atoms with Crippen molar-refractivity contribution in [3.63, 3.8) is 0 Å². The molecule has 1 aliphatic heterocycles. The molecule has 4 nitrogen and oxygen atoms in total. The van der Waals surface area contributed by atoms with E-state index in [0.717, 1.165) is 22.6 Å². The summed E-state index contributed by atoms with van der Waals surface area (Å²) in [5, 5.41) is 6.80. The van der Waals surface area contributed by atoms with Gasteiger partial charge in [-0.05, 0) is 54.2 Å². The van der Waals surface area contributed by atoms with E-state index in [1.54, 1.807) is 6.07 Å². The molecular weight excluding hydrogens is 393 g/mol. The molecule has 2 aromatic carbocycles. The van der Waals surface area contributed by atoms with Crippen molar-refractivity contribution in [1.82, 2.24) is 0 Å². The summed E-state index contributed by atoms with van der Waals surface area (Å²) in [5.41, 5.74) is 4.36. The third-order valence-electron chi connectivity index (χ3n) is 5.39. The second-order valence-corrected chi connectivity index (χ2v) is 8.70. The topological polar surface area (TPSA) is 50.4 Å². The van der Waals surface area contributed by atoms with E-state index in [9.17, 15) is 18.0 Å². The summed E-state index contributed by atoms with van der Waals surface area (Å²) in [6.45, 7) is 6.04. The van der Waals surface area contributed by atoms with Gasteiger partial charge < -0.3 is 15.4 Å². The largest absolute Gasteiger partial charge is 0.573 e. The lowest BCUT2D eigenvalue weighted by molar-refractivity contribution is -0.274. The molecule has 158 valence electrons. The molecule has 4 rings (SSSR count). The third kappa shape index (κ3) is 4.15. The molecule has 2 aliphatic rings. The van der Waals surface area contributed by atoms with Crippen molar-refractivity contribution in [2.45, 2.75) is 46.0 Å². The fraction of sp³-hybridized carbons (Fsp3) is 0.348. The number of ether oxygens (including phenoxy) is 1. The molecule has 0 saturated heterocycles. The van der Waals surface area contributed by atoms with Gasteiger partial charge in [0.15, 0.2) is 5.78 Å². The monoisotopic (exact) mass is 416 g/mol. The van der Waals surface area contributed by atoms with Crippen LogP contribution in [0.1, 0.15) is 43.9 Å². The minimum atomic E-state index is -4.78. The lowest BCUT2D eigenvalue weighted by atomic mass is 9.73. The van der Waals surface area contributed by atoms with E-state index in [1.165, 1.54) is 18.2 Å². The number of hydrogen-bond acceptors (Lipinski definition) is 4. The van der Waals surface area contributed by atoms with Crippen molar-refractivity contribution in [1.29, 1.82) is 0 Å². The Balaban J connectivity index is 1.84. The number of benzene rings is 2. The maximum absolute atomic E-state index is 13.2. The van der Waals surface area contributed by atoms with Gasteiger partial charge >= 0.3 is 6.36 Å². The van der Waals surface area contributed by atoms with Gasteiger partial charge in [-0.25, -0.2) is 0 Å². The first kappa shape index (κ1) is 20.3. The van der Waals surface area contributed by atoms with Crippen molar-refractivity contribution in [2.75, 3.05) is 10.6 Å². The minimum absolute atomic E-state index is 0.0158. The zero-order valence-electron chi connectivity index (χ0n) is 17.0. The Bertz CT molecular complexity index is 1040. The molecule has 2 N–H and O–H groups in total. The summed E-state index contributed by atoms with van der Waals surface area (Å²) in [6.07, 6.45) is -3.74. The standard InChI is InChI=1S/C23H23F3N2O2/c1-13-7-8-16-17(9-13)28-21(14-5-4-6-15(10-14)30-23(24,25)26)20-18(27-16)11-22(2,3)12-19(20)29/h4-10,21,27-28H,11-12H2,1-3H3. The van der Waals surface area contributed by atoms with Crippen molar-refractivity contribution in [3.05, 3.63) is 64.9 Å². The molecule has 2 aromatic rings. The fourth-order valence-corrected chi connectivity index (χ4v) is 4.20. The van der Waals surface area contributed by atoms with Gasteiger partial charge in [0.2, 0.25) is 0 Å². The zero-order chi connectivity index (χ0) is 21.7. The first-order chi connectivity index (χ1) is 14.0. The van der Waals surface area contributed by atoms with Crippen LogP contribution in [0, 0.1) is 12.3 Å². The summed E-state index contributed by atoms with van der Waals surface area (Å²) in [6, 6.07) is 11.1. The maximum atomic E-state index is 13.2. The molecule has 30 heavy (non-hydrogen) atoms. The number of aryl methyl sites for hydroxylation is 1. The Morgan fingerprint density at radius 2 is 1.83 bits per heavy atom. The minimum Gasteiger partial charge on any atom is -0.406 e. The number of anilines is 2. The smallest absolute Gasteiger partial charge is 0.406 e. The predicted octanol–water partition coefficient (Wildman–Crippen LogP) is 6.12. The molecule has 0 bridgehead atoms. The SMILES string of the molecule is Cc1ccc2c(c1)NC(c1cccc(OC(F)(F)F)c1)C1=C(CC(C)(C)CC1=O)N2. The number of halogens is 3. The molecule has 0 amide bonds. The van der Waals surface area contributed by atoms with Crippen LogP contribution in [0.25, 0.3) is 0 Å². The van der Waals surface area contributed by atoms with E-state index < -0.39 is 12.4 Å². The van der Waals surface area contributed by atoms with E-state index in [-0.39, 0.29) is 16.9 Å². The highest BCUT2D eigenvalue weighted by molar-refractivity contribution is 6.01. The van der Waals surface area contributed by atoms with Crippen LogP contribution >= 0.6 is 0 Å². The summed E-state index contributed by atoms with van der Waals surface area (Å²) in [5.74, 6) is -0.327. The molecule has 0 aromatic heterocycles. The number of carbonyl (C=O) groups is 1.